The molecule has 2 aromatic carbocycles. The fourth-order valence-electron chi connectivity index (χ4n) is 2.58. The van der Waals surface area contributed by atoms with E-state index in [1.807, 2.05) is 12.1 Å². The van der Waals surface area contributed by atoms with Crippen molar-refractivity contribution in [2.45, 2.75) is 38.8 Å². The van der Waals surface area contributed by atoms with E-state index in [1.165, 1.54) is 25.0 Å². The predicted molar refractivity (Wildman–Crippen MR) is 105 cm³/mol. The Hall–Kier alpha value is -2.70. The molecule has 7 heteroatoms. The van der Waals surface area contributed by atoms with Crippen LogP contribution in [0.2, 0.25) is 0 Å². The summed E-state index contributed by atoms with van der Waals surface area (Å²) in [5.41, 5.74) is -0.00177. The molecule has 0 aromatic heterocycles. The maximum Gasteiger partial charge on any atom is 0.416 e. The summed E-state index contributed by atoms with van der Waals surface area (Å²) < 4.78 is 43.9. The molecule has 152 valence electrons. The van der Waals surface area contributed by atoms with E-state index in [4.69, 9.17) is 4.74 Å². The van der Waals surface area contributed by atoms with Gasteiger partial charge in [-0.25, -0.2) is 0 Å². The number of unbranched alkanes of at least 4 members (excludes halogenated alkanes) is 3. The molecule has 1 amide bonds. The number of alkyl halides is 3. The molecular formula is C21H25F3N2O2. The van der Waals surface area contributed by atoms with Crippen molar-refractivity contribution in [3.63, 3.8) is 0 Å². The molecule has 0 aliphatic rings. The molecule has 0 radical (unpaired) electrons. The molecule has 0 aliphatic heterocycles. The first kappa shape index (κ1) is 21.6. The fraction of sp³-hybridized carbons (Fsp3) is 0.381. The van der Waals surface area contributed by atoms with Gasteiger partial charge in [0.05, 0.1) is 18.7 Å². The number of ether oxygens (including phenoxy) is 1. The number of hydrogen-bond acceptors (Lipinski definition) is 3. The van der Waals surface area contributed by atoms with Crippen molar-refractivity contribution in [1.82, 2.24) is 0 Å². The Morgan fingerprint density at radius 2 is 1.75 bits per heavy atom. The number of anilines is 2. The van der Waals surface area contributed by atoms with Gasteiger partial charge in [0.2, 0.25) is 5.91 Å². The van der Waals surface area contributed by atoms with Gasteiger partial charge in [-0.1, -0.05) is 38.3 Å². The first-order valence-corrected chi connectivity index (χ1v) is 9.32. The molecule has 0 bridgehead atoms. The second-order valence-corrected chi connectivity index (χ2v) is 6.42. The quantitative estimate of drug-likeness (QED) is 0.507. The summed E-state index contributed by atoms with van der Waals surface area (Å²) in [5.74, 6) is 0.269. The van der Waals surface area contributed by atoms with Gasteiger partial charge in [0, 0.05) is 17.4 Å². The van der Waals surface area contributed by atoms with Crippen LogP contribution in [0.1, 0.15) is 38.2 Å². The molecule has 0 saturated heterocycles. The molecule has 0 atom stereocenters. The number of hydrogen-bond donors (Lipinski definition) is 2. The van der Waals surface area contributed by atoms with Gasteiger partial charge in [-0.05, 0) is 36.8 Å². The topological polar surface area (TPSA) is 50.4 Å². The monoisotopic (exact) mass is 394 g/mol. The smallest absolute Gasteiger partial charge is 0.416 e. The average Bonchev–Trinajstić information content (AvgIpc) is 2.66. The molecule has 0 unspecified atom stereocenters. The van der Waals surface area contributed by atoms with E-state index in [9.17, 15) is 18.0 Å². The van der Waals surface area contributed by atoms with Crippen LogP contribution in [0.5, 0.6) is 5.75 Å². The second kappa shape index (κ2) is 10.6. The maximum atomic E-state index is 12.7. The van der Waals surface area contributed by atoms with Crippen LogP contribution >= 0.6 is 0 Å². The molecule has 0 aliphatic carbocycles. The molecule has 2 N–H and O–H groups in total. The van der Waals surface area contributed by atoms with Crippen molar-refractivity contribution >= 4 is 17.3 Å². The van der Waals surface area contributed by atoms with E-state index >= 15 is 0 Å². The summed E-state index contributed by atoms with van der Waals surface area (Å²) in [7, 11) is 0. The lowest BCUT2D eigenvalue weighted by molar-refractivity contribution is -0.137. The second-order valence-electron chi connectivity index (χ2n) is 6.42. The van der Waals surface area contributed by atoms with Crippen LogP contribution in [0.15, 0.2) is 48.5 Å². The number of carbonyl (C=O) groups is 1. The van der Waals surface area contributed by atoms with E-state index in [0.717, 1.165) is 25.0 Å². The normalized spacial score (nSPS) is 11.1. The average molecular weight is 394 g/mol. The highest BCUT2D eigenvalue weighted by Gasteiger charge is 2.30. The third-order valence-corrected chi connectivity index (χ3v) is 4.03. The Bertz CT molecular complexity index is 763. The third kappa shape index (κ3) is 7.50. The molecule has 2 rings (SSSR count). The number of benzene rings is 2. The van der Waals surface area contributed by atoms with Crippen LogP contribution < -0.4 is 15.4 Å². The van der Waals surface area contributed by atoms with Crippen molar-refractivity contribution in [2.24, 2.45) is 0 Å². The highest BCUT2D eigenvalue weighted by molar-refractivity contribution is 5.93. The summed E-state index contributed by atoms with van der Waals surface area (Å²) in [6, 6.07) is 11.8. The van der Waals surface area contributed by atoms with Crippen molar-refractivity contribution in [1.29, 1.82) is 0 Å². The molecule has 4 nitrogen and oxygen atoms in total. The third-order valence-electron chi connectivity index (χ3n) is 4.03. The lowest BCUT2D eigenvalue weighted by Gasteiger charge is -2.11. The maximum absolute atomic E-state index is 12.7. The van der Waals surface area contributed by atoms with E-state index < -0.39 is 17.6 Å². The molecule has 0 saturated carbocycles. The van der Waals surface area contributed by atoms with Crippen LogP contribution in [0.25, 0.3) is 0 Å². The summed E-state index contributed by atoms with van der Waals surface area (Å²) in [5, 5.41) is 5.41. The zero-order valence-corrected chi connectivity index (χ0v) is 15.8. The fourth-order valence-corrected chi connectivity index (χ4v) is 2.58. The Balaban J connectivity index is 1.82. The minimum atomic E-state index is -4.45. The van der Waals surface area contributed by atoms with Crippen LogP contribution in [-0.2, 0) is 11.0 Å². The zero-order chi connectivity index (χ0) is 20.4. The number of rotatable bonds is 10. The van der Waals surface area contributed by atoms with Crippen molar-refractivity contribution in [2.75, 3.05) is 23.8 Å². The predicted octanol–water partition coefficient (Wildman–Crippen LogP) is 5.72. The number of carbonyl (C=O) groups excluding carboxylic acids is 1. The van der Waals surface area contributed by atoms with Crippen LogP contribution in [0.3, 0.4) is 0 Å². The molecule has 0 heterocycles. The van der Waals surface area contributed by atoms with Crippen molar-refractivity contribution in [3.05, 3.63) is 54.1 Å². The van der Waals surface area contributed by atoms with Gasteiger partial charge < -0.3 is 15.4 Å². The molecule has 0 fully saturated rings. The van der Waals surface area contributed by atoms with Gasteiger partial charge in [0.1, 0.15) is 5.75 Å². The largest absolute Gasteiger partial charge is 0.494 e. The Kier molecular flexibility index (Phi) is 8.17. The minimum Gasteiger partial charge on any atom is -0.494 e. The number of amides is 1. The summed E-state index contributed by atoms with van der Waals surface area (Å²) in [6.45, 7) is 2.72. The number of halogens is 3. The first-order valence-electron chi connectivity index (χ1n) is 9.32. The summed E-state index contributed by atoms with van der Waals surface area (Å²) in [4.78, 5) is 12.0. The SMILES string of the molecule is CCCCCCOc1cccc(NCC(=O)Nc2cccc(C(F)(F)F)c2)c1. The molecule has 28 heavy (non-hydrogen) atoms. The summed E-state index contributed by atoms with van der Waals surface area (Å²) >= 11 is 0. The van der Waals surface area contributed by atoms with E-state index in [2.05, 4.69) is 17.6 Å². The van der Waals surface area contributed by atoms with Gasteiger partial charge in [0.25, 0.3) is 0 Å². The van der Waals surface area contributed by atoms with Crippen LogP contribution in [0, 0.1) is 0 Å². The van der Waals surface area contributed by atoms with E-state index in [1.54, 1.807) is 12.1 Å². The minimum absolute atomic E-state index is 0.0732. The van der Waals surface area contributed by atoms with Gasteiger partial charge in [-0.2, -0.15) is 13.2 Å². The van der Waals surface area contributed by atoms with Crippen molar-refractivity contribution < 1.29 is 22.7 Å². The van der Waals surface area contributed by atoms with Gasteiger partial charge in [-0.3, -0.25) is 4.79 Å². The molecule has 0 spiro atoms. The summed E-state index contributed by atoms with van der Waals surface area (Å²) in [6.07, 6.45) is 0.0267. The van der Waals surface area contributed by atoms with Gasteiger partial charge >= 0.3 is 6.18 Å². The van der Waals surface area contributed by atoms with Crippen LogP contribution in [0.4, 0.5) is 24.5 Å². The standard InChI is InChI=1S/C21H25F3N2O2/c1-2-3-4-5-12-28-19-11-7-9-17(14-19)25-15-20(27)26-18-10-6-8-16(13-18)21(22,23)24/h6-11,13-14,25H,2-5,12,15H2,1H3,(H,26,27). The van der Waals surface area contributed by atoms with Gasteiger partial charge in [-0.15, -0.1) is 0 Å². The Morgan fingerprint density at radius 1 is 1.00 bits per heavy atom. The lowest BCUT2D eigenvalue weighted by Crippen LogP contribution is -2.22. The lowest BCUT2D eigenvalue weighted by atomic mass is 10.2. The zero-order valence-electron chi connectivity index (χ0n) is 15.8. The number of nitrogens with one attached hydrogen (secondary N) is 2. The Labute approximate surface area is 163 Å². The van der Waals surface area contributed by atoms with E-state index in [0.29, 0.717) is 18.0 Å². The van der Waals surface area contributed by atoms with Crippen LogP contribution in [-0.4, -0.2) is 19.1 Å². The van der Waals surface area contributed by atoms with E-state index in [-0.39, 0.29) is 12.2 Å². The van der Waals surface area contributed by atoms with Gasteiger partial charge in [0.15, 0.2) is 0 Å². The molecular weight excluding hydrogens is 369 g/mol. The molecule has 2 aromatic rings. The highest BCUT2D eigenvalue weighted by atomic mass is 19.4. The van der Waals surface area contributed by atoms with Crippen molar-refractivity contribution in [3.8, 4) is 5.75 Å². The first-order chi connectivity index (χ1) is 13.4. The Morgan fingerprint density at radius 3 is 2.50 bits per heavy atom. The highest BCUT2D eigenvalue weighted by Crippen LogP contribution is 2.30.